The van der Waals surface area contributed by atoms with E-state index in [1.807, 2.05) is 0 Å². The maximum Gasteiger partial charge on any atom is 0.215 e. The van der Waals surface area contributed by atoms with Crippen LogP contribution >= 0.6 is 12.6 Å². The number of hydrogen-bond acceptors (Lipinski definition) is 6. The first-order valence-corrected chi connectivity index (χ1v) is 4.36. The minimum absolute atomic E-state index is 0.633. The van der Waals surface area contributed by atoms with Gasteiger partial charge in [0.25, 0.3) is 0 Å². The maximum atomic E-state index is 4.52. The van der Waals surface area contributed by atoms with Crippen molar-refractivity contribution in [2.75, 3.05) is 30.0 Å². The summed E-state index contributed by atoms with van der Waals surface area (Å²) in [6.07, 6.45) is 0.985. The van der Waals surface area contributed by atoms with E-state index < -0.39 is 0 Å². The van der Waals surface area contributed by atoms with Crippen LogP contribution in [0.5, 0.6) is 0 Å². The lowest BCUT2D eigenvalue weighted by Crippen LogP contribution is -2.04. The van der Waals surface area contributed by atoms with Gasteiger partial charge < -0.3 is 10.6 Å². The largest absolute Gasteiger partial charge is 0.367 e. The molecule has 68 valence electrons. The standard InChI is InChI=1S/C6H12N4OS/c1-7-5-6(10-11-9-5)8-3-2-4-12/h12H,2-4H2,1H3,(H,7,9)(H,8,10). The predicted octanol–water partition coefficient (Wildman–Crippen LogP) is 0.843. The van der Waals surface area contributed by atoms with Gasteiger partial charge in [0.1, 0.15) is 0 Å². The van der Waals surface area contributed by atoms with Crippen molar-refractivity contribution in [2.45, 2.75) is 6.42 Å². The summed E-state index contributed by atoms with van der Waals surface area (Å²) in [7, 11) is 1.77. The summed E-state index contributed by atoms with van der Waals surface area (Å²) in [5.41, 5.74) is 0. The molecule has 0 radical (unpaired) electrons. The minimum atomic E-state index is 0.633. The second-order valence-electron chi connectivity index (χ2n) is 2.22. The molecular weight excluding hydrogens is 176 g/mol. The molecule has 1 heterocycles. The van der Waals surface area contributed by atoms with E-state index in [0.29, 0.717) is 11.6 Å². The Hall–Kier alpha value is -0.910. The third-order valence-corrected chi connectivity index (χ3v) is 1.67. The zero-order valence-corrected chi connectivity index (χ0v) is 7.77. The van der Waals surface area contributed by atoms with Gasteiger partial charge in [0.05, 0.1) is 0 Å². The van der Waals surface area contributed by atoms with E-state index in [1.54, 1.807) is 7.05 Å². The fourth-order valence-corrected chi connectivity index (χ4v) is 0.913. The van der Waals surface area contributed by atoms with Gasteiger partial charge in [0, 0.05) is 13.6 Å². The van der Waals surface area contributed by atoms with E-state index in [4.69, 9.17) is 0 Å². The first-order valence-electron chi connectivity index (χ1n) is 3.73. The molecular formula is C6H12N4OS. The second kappa shape index (κ2) is 4.87. The van der Waals surface area contributed by atoms with Crippen molar-refractivity contribution in [1.82, 2.24) is 10.3 Å². The highest BCUT2D eigenvalue weighted by Crippen LogP contribution is 2.13. The highest BCUT2D eigenvalue weighted by Gasteiger charge is 2.05. The van der Waals surface area contributed by atoms with Gasteiger partial charge in [-0.2, -0.15) is 12.6 Å². The predicted molar refractivity (Wildman–Crippen MR) is 50.8 cm³/mol. The van der Waals surface area contributed by atoms with Crippen molar-refractivity contribution >= 4 is 24.3 Å². The normalized spacial score (nSPS) is 9.83. The van der Waals surface area contributed by atoms with Crippen LogP contribution in [0, 0.1) is 0 Å². The molecule has 0 saturated heterocycles. The Kier molecular flexibility index (Phi) is 3.72. The van der Waals surface area contributed by atoms with E-state index in [-0.39, 0.29) is 0 Å². The smallest absolute Gasteiger partial charge is 0.215 e. The molecule has 0 saturated carbocycles. The lowest BCUT2D eigenvalue weighted by molar-refractivity contribution is 0.310. The molecule has 0 aliphatic rings. The molecule has 0 unspecified atom stereocenters. The number of nitrogens with zero attached hydrogens (tertiary/aromatic N) is 2. The number of anilines is 2. The molecule has 12 heavy (non-hydrogen) atoms. The molecule has 2 N–H and O–H groups in total. The van der Waals surface area contributed by atoms with Crippen LogP contribution in [-0.2, 0) is 0 Å². The third kappa shape index (κ3) is 2.30. The van der Waals surface area contributed by atoms with E-state index in [9.17, 15) is 0 Å². The number of hydrogen-bond donors (Lipinski definition) is 3. The molecule has 0 aliphatic heterocycles. The minimum Gasteiger partial charge on any atom is -0.367 e. The van der Waals surface area contributed by atoms with Crippen LogP contribution in [0.2, 0.25) is 0 Å². The summed E-state index contributed by atoms with van der Waals surface area (Å²) in [6, 6.07) is 0. The van der Waals surface area contributed by atoms with Gasteiger partial charge in [-0.1, -0.05) is 0 Å². The second-order valence-corrected chi connectivity index (χ2v) is 2.66. The molecule has 0 aliphatic carbocycles. The summed E-state index contributed by atoms with van der Waals surface area (Å²) < 4.78 is 4.52. The van der Waals surface area contributed by atoms with E-state index in [1.165, 1.54) is 0 Å². The fourth-order valence-electron chi connectivity index (χ4n) is 0.754. The topological polar surface area (TPSA) is 63.0 Å². The van der Waals surface area contributed by atoms with Gasteiger partial charge in [0.15, 0.2) is 0 Å². The van der Waals surface area contributed by atoms with Crippen molar-refractivity contribution in [3.05, 3.63) is 0 Å². The van der Waals surface area contributed by atoms with Gasteiger partial charge in [0.2, 0.25) is 11.6 Å². The van der Waals surface area contributed by atoms with Crippen LogP contribution in [0.4, 0.5) is 11.6 Å². The van der Waals surface area contributed by atoms with Crippen LogP contribution < -0.4 is 10.6 Å². The highest BCUT2D eigenvalue weighted by molar-refractivity contribution is 7.80. The van der Waals surface area contributed by atoms with Gasteiger partial charge in [-0.25, -0.2) is 4.63 Å². The molecule has 1 aromatic heterocycles. The Morgan fingerprint density at radius 1 is 1.42 bits per heavy atom. The molecule has 0 aromatic carbocycles. The molecule has 0 amide bonds. The van der Waals surface area contributed by atoms with Crippen molar-refractivity contribution < 1.29 is 4.63 Å². The zero-order chi connectivity index (χ0) is 8.81. The molecule has 0 atom stereocenters. The monoisotopic (exact) mass is 188 g/mol. The number of thiol groups is 1. The summed E-state index contributed by atoms with van der Waals surface area (Å²) in [6.45, 7) is 0.826. The van der Waals surface area contributed by atoms with E-state index >= 15 is 0 Å². The zero-order valence-electron chi connectivity index (χ0n) is 6.87. The Labute approximate surface area is 76.3 Å². The van der Waals surface area contributed by atoms with Crippen molar-refractivity contribution in [3.8, 4) is 0 Å². The molecule has 6 heteroatoms. The molecule has 0 spiro atoms. The lowest BCUT2D eigenvalue weighted by Gasteiger charge is -2.00. The fraction of sp³-hybridized carbons (Fsp3) is 0.667. The summed E-state index contributed by atoms with van der Waals surface area (Å²) in [5, 5.41) is 13.2. The quantitative estimate of drug-likeness (QED) is 0.472. The Bertz CT molecular complexity index is 227. The average Bonchev–Trinajstić information content (AvgIpc) is 2.52. The van der Waals surface area contributed by atoms with Gasteiger partial charge in [-0.3, -0.25) is 0 Å². The Morgan fingerprint density at radius 2 is 2.17 bits per heavy atom. The third-order valence-electron chi connectivity index (χ3n) is 1.35. The van der Waals surface area contributed by atoms with Crippen LogP contribution in [0.15, 0.2) is 4.63 Å². The maximum absolute atomic E-state index is 4.52. The number of nitrogens with one attached hydrogen (secondary N) is 2. The summed E-state index contributed by atoms with van der Waals surface area (Å²) in [4.78, 5) is 0. The summed E-state index contributed by atoms with van der Waals surface area (Å²) >= 11 is 4.09. The van der Waals surface area contributed by atoms with Gasteiger partial charge >= 0.3 is 0 Å². The Balaban J connectivity index is 2.39. The van der Waals surface area contributed by atoms with Crippen LogP contribution in [0.3, 0.4) is 0 Å². The van der Waals surface area contributed by atoms with Crippen LogP contribution in [0.1, 0.15) is 6.42 Å². The molecule has 1 rings (SSSR count). The Morgan fingerprint density at radius 3 is 2.83 bits per heavy atom. The van der Waals surface area contributed by atoms with Crippen molar-refractivity contribution in [2.24, 2.45) is 0 Å². The molecule has 5 nitrogen and oxygen atoms in total. The highest BCUT2D eigenvalue weighted by atomic mass is 32.1. The van der Waals surface area contributed by atoms with Crippen LogP contribution in [0.25, 0.3) is 0 Å². The molecule has 0 bridgehead atoms. The first-order chi connectivity index (χ1) is 5.88. The van der Waals surface area contributed by atoms with Crippen LogP contribution in [-0.4, -0.2) is 29.7 Å². The van der Waals surface area contributed by atoms with Gasteiger partial charge in [-0.05, 0) is 22.5 Å². The first kappa shape index (κ1) is 9.18. The van der Waals surface area contributed by atoms with E-state index in [2.05, 4.69) is 38.2 Å². The number of rotatable bonds is 5. The SMILES string of the molecule is CNc1nonc1NCCCS. The summed E-state index contributed by atoms with van der Waals surface area (Å²) in [5.74, 6) is 2.14. The molecule has 1 aromatic rings. The average molecular weight is 188 g/mol. The van der Waals surface area contributed by atoms with Crippen molar-refractivity contribution in [3.63, 3.8) is 0 Å². The lowest BCUT2D eigenvalue weighted by atomic mass is 10.4. The number of aromatic nitrogens is 2. The van der Waals surface area contributed by atoms with Gasteiger partial charge in [-0.15, -0.1) is 0 Å². The van der Waals surface area contributed by atoms with E-state index in [0.717, 1.165) is 18.7 Å². The van der Waals surface area contributed by atoms with Crippen molar-refractivity contribution in [1.29, 1.82) is 0 Å². The molecule has 0 fully saturated rings.